The Hall–Kier alpha value is -2.87. The SMILES string of the molecule is CC(C)[C@@H](NC(=O)c1cccs1)c1nc(-c2ccc3c(c2)OCO3)no1. The lowest BCUT2D eigenvalue weighted by molar-refractivity contribution is 0.0918. The Morgan fingerprint density at radius 1 is 1.23 bits per heavy atom. The zero-order valence-electron chi connectivity index (χ0n) is 14.3. The van der Waals surface area contributed by atoms with Crippen molar-refractivity contribution in [1.29, 1.82) is 0 Å². The Balaban J connectivity index is 1.57. The van der Waals surface area contributed by atoms with Crippen molar-refractivity contribution in [2.75, 3.05) is 6.79 Å². The highest BCUT2D eigenvalue weighted by molar-refractivity contribution is 7.12. The molecule has 1 aliphatic rings. The minimum atomic E-state index is -0.375. The third-order valence-corrected chi connectivity index (χ3v) is 4.91. The molecule has 0 bridgehead atoms. The number of aromatic nitrogens is 2. The number of fused-ring (bicyclic) bond motifs is 1. The first-order valence-electron chi connectivity index (χ1n) is 8.20. The summed E-state index contributed by atoms with van der Waals surface area (Å²) in [5, 5.41) is 8.89. The number of nitrogens with one attached hydrogen (secondary N) is 1. The maximum atomic E-state index is 12.4. The van der Waals surface area contributed by atoms with E-state index in [-0.39, 0.29) is 24.7 Å². The number of thiophene rings is 1. The van der Waals surface area contributed by atoms with Crippen LogP contribution in [0.5, 0.6) is 11.5 Å². The van der Waals surface area contributed by atoms with Gasteiger partial charge in [-0.2, -0.15) is 4.98 Å². The summed E-state index contributed by atoms with van der Waals surface area (Å²) in [5.74, 6) is 2.10. The van der Waals surface area contributed by atoms with Crippen LogP contribution in [-0.2, 0) is 0 Å². The molecule has 1 N–H and O–H groups in total. The molecule has 2 aromatic heterocycles. The molecule has 4 rings (SSSR count). The van der Waals surface area contributed by atoms with E-state index in [4.69, 9.17) is 14.0 Å². The van der Waals surface area contributed by atoms with Crippen molar-refractivity contribution in [2.24, 2.45) is 5.92 Å². The molecule has 0 saturated heterocycles. The van der Waals surface area contributed by atoms with Gasteiger partial charge in [0.1, 0.15) is 6.04 Å². The molecular formula is C18H17N3O4S. The first-order chi connectivity index (χ1) is 12.6. The fourth-order valence-electron chi connectivity index (χ4n) is 2.65. The van der Waals surface area contributed by atoms with Gasteiger partial charge in [-0.1, -0.05) is 25.1 Å². The van der Waals surface area contributed by atoms with Crippen LogP contribution in [0.15, 0.2) is 40.2 Å². The highest BCUT2D eigenvalue weighted by Gasteiger charge is 2.26. The van der Waals surface area contributed by atoms with Gasteiger partial charge < -0.3 is 19.3 Å². The molecule has 1 aliphatic heterocycles. The Morgan fingerprint density at radius 2 is 2.08 bits per heavy atom. The van der Waals surface area contributed by atoms with Crippen LogP contribution in [-0.4, -0.2) is 22.8 Å². The molecule has 8 heteroatoms. The summed E-state index contributed by atoms with van der Waals surface area (Å²) in [4.78, 5) is 17.5. The second kappa shape index (κ2) is 6.80. The van der Waals surface area contributed by atoms with Crippen molar-refractivity contribution in [3.05, 3.63) is 46.5 Å². The Morgan fingerprint density at radius 3 is 2.85 bits per heavy atom. The van der Waals surface area contributed by atoms with E-state index < -0.39 is 0 Å². The van der Waals surface area contributed by atoms with E-state index in [2.05, 4.69) is 15.5 Å². The maximum Gasteiger partial charge on any atom is 0.262 e. The molecule has 134 valence electrons. The van der Waals surface area contributed by atoms with Crippen LogP contribution in [0.1, 0.15) is 35.5 Å². The van der Waals surface area contributed by atoms with Crippen LogP contribution >= 0.6 is 11.3 Å². The van der Waals surface area contributed by atoms with Crippen molar-refractivity contribution >= 4 is 17.2 Å². The van der Waals surface area contributed by atoms with Gasteiger partial charge in [-0.05, 0) is 35.6 Å². The first kappa shape index (κ1) is 16.6. The van der Waals surface area contributed by atoms with Crippen LogP contribution in [0.4, 0.5) is 0 Å². The van der Waals surface area contributed by atoms with Crippen LogP contribution in [0.2, 0.25) is 0 Å². The molecule has 0 spiro atoms. The number of amides is 1. The molecule has 1 aromatic carbocycles. The average Bonchev–Trinajstić information content (AvgIpc) is 3.39. The Bertz CT molecular complexity index is 920. The molecule has 26 heavy (non-hydrogen) atoms. The Labute approximate surface area is 153 Å². The summed E-state index contributed by atoms with van der Waals surface area (Å²) in [7, 11) is 0. The van der Waals surface area contributed by atoms with E-state index in [1.165, 1.54) is 11.3 Å². The fourth-order valence-corrected chi connectivity index (χ4v) is 3.27. The van der Waals surface area contributed by atoms with E-state index in [1.807, 2.05) is 43.5 Å². The average molecular weight is 371 g/mol. The molecule has 0 fully saturated rings. The number of nitrogens with zero attached hydrogens (tertiary/aromatic N) is 2. The fraction of sp³-hybridized carbons (Fsp3) is 0.278. The number of hydrogen-bond donors (Lipinski definition) is 1. The second-order valence-electron chi connectivity index (χ2n) is 6.20. The number of carbonyl (C=O) groups excluding carboxylic acids is 1. The zero-order chi connectivity index (χ0) is 18.1. The van der Waals surface area contributed by atoms with E-state index >= 15 is 0 Å². The predicted molar refractivity (Wildman–Crippen MR) is 95.2 cm³/mol. The van der Waals surface area contributed by atoms with Crippen molar-refractivity contribution < 1.29 is 18.8 Å². The molecule has 7 nitrogen and oxygen atoms in total. The van der Waals surface area contributed by atoms with Crippen LogP contribution in [0.3, 0.4) is 0 Å². The van der Waals surface area contributed by atoms with Gasteiger partial charge in [-0.15, -0.1) is 11.3 Å². The predicted octanol–water partition coefficient (Wildman–Crippen LogP) is 3.65. The number of carbonyl (C=O) groups is 1. The van der Waals surface area contributed by atoms with Gasteiger partial charge in [0.05, 0.1) is 4.88 Å². The van der Waals surface area contributed by atoms with E-state index in [1.54, 1.807) is 6.07 Å². The summed E-state index contributed by atoms with van der Waals surface area (Å²) in [6.45, 7) is 4.19. The van der Waals surface area contributed by atoms with Crippen molar-refractivity contribution in [2.45, 2.75) is 19.9 Å². The minimum Gasteiger partial charge on any atom is -0.454 e. The highest BCUT2D eigenvalue weighted by Crippen LogP contribution is 2.35. The first-order valence-corrected chi connectivity index (χ1v) is 9.08. The Kier molecular flexibility index (Phi) is 4.34. The molecule has 1 amide bonds. The molecule has 3 heterocycles. The van der Waals surface area contributed by atoms with E-state index in [0.717, 1.165) is 5.56 Å². The third-order valence-electron chi connectivity index (χ3n) is 4.04. The van der Waals surface area contributed by atoms with Gasteiger partial charge in [0.2, 0.25) is 18.5 Å². The van der Waals surface area contributed by atoms with Gasteiger partial charge in [-0.25, -0.2) is 0 Å². The minimum absolute atomic E-state index is 0.0870. The number of rotatable bonds is 5. The van der Waals surface area contributed by atoms with Crippen LogP contribution in [0.25, 0.3) is 11.4 Å². The standard InChI is InChI=1S/C18H17N3O4S/c1-10(2)15(19-17(22)14-4-3-7-26-14)18-20-16(21-25-18)11-5-6-12-13(8-11)24-9-23-12/h3-8,10,15H,9H2,1-2H3,(H,19,22)/t15-/m1/s1. The lowest BCUT2D eigenvalue weighted by Crippen LogP contribution is -2.31. The van der Waals surface area contributed by atoms with Crippen LogP contribution in [0, 0.1) is 5.92 Å². The molecule has 0 aliphatic carbocycles. The lowest BCUT2D eigenvalue weighted by Gasteiger charge is -2.17. The zero-order valence-corrected chi connectivity index (χ0v) is 15.1. The van der Waals surface area contributed by atoms with E-state index in [0.29, 0.717) is 28.1 Å². The highest BCUT2D eigenvalue weighted by atomic mass is 32.1. The quantitative estimate of drug-likeness (QED) is 0.737. The van der Waals surface area contributed by atoms with E-state index in [9.17, 15) is 4.79 Å². The third kappa shape index (κ3) is 3.15. The normalized spacial score (nSPS) is 13.8. The van der Waals surface area contributed by atoms with Crippen molar-refractivity contribution in [3.8, 4) is 22.9 Å². The molecule has 0 saturated carbocycles. The van der Waals surface area contributed by atoms with Crippen molar-refractivity contribution in [1.82, 2.24) is 15.5 Å². The summed E-state index contributed by atoms with van der Waals surface area (Å²) >= 11 is 1.39. The second-order valence-corrected chi connectivity index (χ2v) is 7.14. The van der Waals surface area contributed by atoms with Crippen molar-refractivity contribution in [3.63, 3.8) is 0 Å². The number of benzene rings is 1. The summed E-state index contributed by atoms with van der Waals surface area (Å²) in [5.41, 5.74) is 0.760. The molecular weight excluding hydrogens is 354 g/mol. The summed E-state index contributed by atoms with van der Waals surface area (Å²) in [6, 6.07) is 8.71. The molecule has 1 atom stereocenters. The largest absolute Gasteiger partial charge is 0.454 e. The van der Waals surface area contributed by atoms with Gasteiger partial charge in [-0.3, -0.25) is 4.79 Å². The lowest BCUT2D eigenvalue weighted by atomic mass is 10.0. The van der Waals surface area contributed by atoms with Crippen LogP contribution < -0.4 is 14.8 Å². The van der Waals surface area contributed by atoms with Gasteiger partial charge in [0.15, 0.2) is 11.5 Å². The smallest absolute Gasteiger partial charge is 0.262 e. The summed E-state index contributed by atoms with van der Waals surface area (Å²) in [6.07, 6.45) is 0. The maximum absolute atomic E-state index is 12.4. The summed E-state index contributed by atoms with van der Waals surface area (Å²) < 4.78 is 16.1. The van der Waals surface area contributed by atoms with Gasteiger partial charge in [0, 0.05) is 5.56 Å². The molecule has 3 aromatic rings. The molecule has 0 unspecified atom stereocenters. The van der Waals surface area contributed by atoms with Gasteiger partial charge >= 0.3 is 0 Å². The number of hydrogen-bond acceptors (Lipinski definition) is 7. The topological polar surface area (TPSA) is 86.5 Å². The number of ether oxygens (including phenoxy) is 2. The monoisotopic (exact) mass is 371 g/mol. The van der Waals surface area contributed by atoms with Gasteiger partial charge in [0.25, 0.3) is 5.91 Å². The molecule has 0 radical (unpaired) electrons.